The number of Topliss-reactive ketones (excluding diaryl/α,β-unsaturated/α-hetero) is 1. The molecule has 0 unspecified atom stereocenters. The zero-order valence-corrected chi connectivity index (χ0v) is 15.9. The number of halogens is 1. The number of ketones is 1. The van der Waals surface area contributed by atoms with E-state index in [-0.39, 0.29) is 23.6 Å². The van der Waals surface area contributed by atoms with Crippen molar-refractivity contribution >= 4 is 34.9 Å². The molecule has 5 rings (SSSR count). The van der Waals surface area contributed by atoms with Crippen LogP contribution in [0, 0.1) is 11.8 Å². The number of rotatable bonds is 3. The Kier molecular flexibility index (Phi) is 4.11. The third-order valence-corrected chi connectivity index (χ3v) is 6.48. The molecule has 0 N–H and O–H groups in total. The van der Waals surface area contributed by atoms with Crippen molar-refractivity contribution in [2.45, 2.75) is 24.9 Å². The Hall–Kier alpha value is -2.50. The number of imide groups is 1. The first kappa shape index (κ1) is 17.6. The molecule has 3 aliphatic rings. The summed E-state index contributed by atoms with van der Waals surface area (Å²) in [7, 11) is 0. The average Bonchev–Trinajstić information content (AvgIpc) is 3.34. The zero-order valence-electron chi connectivity index (χ0n) is 15.1. The molecule has 0 saturated carbocycles. The molecule has 2 amide bonds. The average molecular weight is 395 g/mol. The standard InChI is InChI=1S/C22H19ClN2O3/c23-14-8-4-9-15(12-14)25-21(27)17-16-10-5-11-24(16)19(18(17)22(25)28)20(26)13-6-2-1-3-7-13/h1-4,6-9,12,16-19H,5,10-11H2/t16-,17-,18-,19-/m1/s1. The number of carbonyl (C=O) groups excluding carboxylic acids is 3. The van der Waals surface area contributed by atoms with Crippen molar-refractivity contribution in [2.75, 3.05) is 11.4 Å². The summed E-state index contributed by atoms with van der Waals surface area (Å²) in [5, 5.41) is 0.467. The SMILES string of the molecule is O=C(c1ccccc1)[C@H]1[C@@H]2C(=O)N(c3cccc(Cl)c3)C(=O)[C@@H]2[C@H]2CCCN21. The second kappa shape index (κ2) is 6.54. The van der Waals surface area contributed by atoms with Gasteiger partial charge in [0.25, 0.3) is 0 Å². The third-order valence-electron chi connectivity index (χ3n) is 6.25. The monoisotopic (exact) mass is 394 g/mol. The van der Waals surface area contributed by atoms with E-state index in [0.717, 1.165) is 19.4 Å². The van der Waals surface area contributed by atoms with E-state index in [1.807, 2.05) is 18.2 Å². The van der Waals surface area contributed by atoms with Crippen LogP contribution in [0.5, 0.6) is 0 Å². The molecule has 0 radical (unpaired) electrons. The van der Waals surface area contributed by atoms with Gasteiger partial charge in [0, 0.05) is 16.6 Å². The van der Waals surface area contributed by atoms with Crippen LogP contribution in [0.4, 0.5) is 5.69 Å². The molecular formula is C22H19ClN2O3. The summed E-state index contributed by atoms with van der Waals surface area (Å²) in [5.74, 6) is -1.68. The van der Waals surface area contributed by atoms with Gasteiger partial charge in [-0.2, -0.15) is 0 Å². The van der Waals surface area contributed by atoms with Crippen molar-refractivity contribution in [3.63, 3.8) is 0 Å². The molecule has 4 atom stereocenters. The van der Waals surface area contributed by atoms with Crippen LogP contribution in [0.2, 0.25) is 5.02 Å². The molecule has 6 heteroatoms. The smallest absolute Gasteiger partial charge is 0.239 e. The van der Waals surface area contributed by atoms with Gasteiger partial charge >= 0.3 is 0 Å². The topological polar surface area (TPSA) is 57.7 Å². The lowest BCUT2D eigenvalue weighted by Crippen LogP contribution is -2.46. The Morgan fingerprint density at radius 1 is 0.964 bits per heavy atom. The van der Waals surface area contributed by atoms with Gasteiger partial charge < -0.3 is 0 Å². The quantitative estimate of drug-likeness (QED) is 0.592. The summed E-state index contributed by atoms with van der Waals surface area (Å²) < 4.78 is 0. The number of benzene rings is 2. The predicted octanol–water partition coefficient (Wildman–Crippen LogP) is 3.18. The van der Waals surface area contributed by atoms with Crippen LogP contribution in [0.1, 0.15) is 23.2 Å². The Morgan fingerprint density at radius 3 is 2.46 bits per heavy atom. The minimum absolute atomic E-state index is 0.0525. The van der Waals surface area contributed by atoms with Crippen molar-refractivity contribution in [3.05, 3.63) is 65.2 Å². The minimum atomic E-state index is -0.635. The van der Waals surface area contributed by atoms with Crippen LogP contribution < -0.4 is 4.90 Å². The highest BCUT2D eigenvalue weighted by molar-refractivity contribution is 6.31. The summed E-state index contributed by atoms with van der Waals surface area (Å²) in [6.07, 6.45) is 1.77. The van der Waals surface area contributed by atoms with Gasteiger partial charge in [0.2, 0.25) is 11.8 Å². The Balaban J connectivity index is 1.56. The van der Waals surface area contributed by atoms with E-state index in [4.69, 9.17) is 11.6 Å². The van der Waals surface area contributed by atoms with E-state index in [2.05, 4.69) is 4.90 Å². The Morgan fingerprint density at radius 2 is 1.71 bits per heavy atom. The van der Waals surface area contributed by atoms with Gasteiger partial charge in [-0.05, 0) is 37.6 Å². The maximum atomic E-state index is 13.4. The number of amides is 2. The summed E-state index contributed by atoms with van der Waals surface area (Å²) in [4.78, 5) is 43.3. The van der Waals surface area contributed by atoms with Crippen LogP contribution in [-0.2, 0) is 9.59 Å². The lowest BCUT2D eigenvalue weighted by molar-refractivity contribution is -0.123. The first-order chi connectivity index (χ1) is 13.6. The first-order valence-corrected chi connectivity index (χ1v) is 9.94. The van der Waals surface area contributed by atoms with E-state index >= 15 is 0 Å². The molecule has 0 bridgehead atoms. The van der Waals surface area contributed by atoms with Crippen molar-refractivity contribution in [2.24, 2.45) is 11.8 Å². The molecule has 2 aromatic rings. The van der Waals surface area contributed by atoms with E-state index in [9.17, 15) is 14.4 Å². The third kappa shape index (κ3) is 2.46. The Bertz CT molecular complexity index is 977. The molecule has 0 aromatic heterocycles. The second-order valence-electron chi connectivity index (χ2n) is 7.67. The van der Waals surface area contributed by atoms with Gasteiger partial charge in [0.15, 0.2) is 5.78 Å². The van der Waals surface area contributed by atoms with E-state index in [1.165, 1.54) is 4.90 Å². The van der Waals surface area contributed by atoms with E-state index in [1.54, 1.807) is 36.4 Å². The second-order valence-corrected chi connectivity index (χ2v) is 8.10. The van der Waals surface area contributed by atoms with Crippen LogP contribution in [0.3, 0.4) is 0 Å². The molecule has 28 heavy (non-hydrogen) atoms. The van der Waals surface area contributed by atoms with Crippen LogP contribution >= 0.6 is 11.6 Å². The molecule has 142 valence electrons. The predicted molar refractivity (Wildman–Crippen MR) is 105 cm³/mol. The fourth-order valence-corrected chi connectivity index (χ4v) is 5.34. The van der Waals surface area contributed by atoms with Crippen molar-refractivity contribution in [1.29, 1.82) is 0 Å². The highest BCUT2D eigenvalue weighted by atomic mass is 35.5. The number of hydrogen-bond acceptors (Lipinski definition) is 4. The van der Waals surface area contributed by atoms with Gasteiger partial charge in [-0.15, -0.1) is 0 Å². The van der Waals surface area contributed by atoms with Gasteiger partial charge in [-0.3, -0.25) is 19.3 Å². The first-order valence-electron chi connectivity index (χ1n) is 9.56. The minimum Gasteiger partial charge on any atom is -0.292 e. The highest BCUT2D eigenvalue weighted by Gasteiger charge is 2.64. The van der Waals surface area contributed by atoms with Gasteiger partial charge in [-0.25, -0.2) is 4.90 Å². The van der Waals surface area contributed by atoms with Crippen LogP contribution in [-0.4, -0.2) is 41.1 Å². The maximum Gasteiger partial charge on any atom is 0.239 e. The van der Waals surface area contributed by atoms with E-state index < -0.39 is 17.9 Å². The number of hydrogen-bond donors (Lipinski definition) is 0. The number of carbonyl (C=O) groups is 3. The van der Waals surface area contributed by atoms with E-state index in [0.29, 0.717) is 16.3 Å². The fourth-order valence-electron chi connectivity index (χ4n) is 5.16. The van der Waals surface area contributed by atoms with Crippen LogP contribution in [0.25, 0.3) is 0 Å². The number of fused-ring (bicyclic) bond motifs is 3. The Labute approximate surface area is 167 Å². The maximum absolute atomic E-state index is 13.4. The highest BCUT2D eigenvalue weighted by Crippen LogP contribution is 2.48. The largest absolute Gasteiger partial charge is 0.292 e. The lowest BCUT2D eigenvalue weighted by atomic mass is 9.85. The molecule has 0 aliphatic carbocycles. The van der Waals surface area contributed by atoms with Crippen molar-refractivity contribution in [1.82, 2.24) is 4.90 Å². The van der Waals surface area contributed by atoms with Gasteiger partial charge in [-0.1, -0.05) is 48.0 Å². The van der Waals surface area contributed by atoms with Gasteiger partial charge in [0.05, 0.1) is 23.6 Å². The van der Waals surface area contributed by atoms with Crippen molar-refractivity contribution < 1.29 is 14.4 Å². The summed E-state index contributed by atoms with van der Waals surface area (Å²) in [6, 6.07) is 15.2. The number of anilines is 1. The summed E-state index contributed by atoms with van der Waals surface area (Å²) >= 11 is 6.08. The van der Waals surface area contributed by atoms with Gasteiger partial charge in [0.1, 0.15) is 0 Å². The molecular weight excluding hydrogens is 376 g/mol. The molecule has 5 nitrogen and oxygen atoms in total. The zero-order chi connectivity index (χ0) is 19.4. The molecule has 3 aliphatic heterocycles. The normalized spacial score (nSPS) is 29.2. The van der Waals surface area contributed by atoms with Crippen molar-refractivity contribution in [3.8, 4) is 0 Å². The molecule has 3 saturated heterocycles. The lowest BCUT2D eigenvalue weighted by Gasteiger charge is -2.27. The number of nitrogens with zero attached hydrogens (tertiary/aromatic N) is 2. The molecule has 0 spiro atoms. The molecule has 2 aromatic carbocycles. The molecule has 3 fully saturated rings. The summed E-state index contributed by atoms with van der Waals surface area (Å²) in [6.45, 7) is 0.749. The molecule has 3 heterocycles. The summed E-state index contributed by atoms with van der Waals surface area (Å²) in [5.41, 5.74) is 1.06. The fraction of sp³-hybridized carbons (Fsp3) is 0.318. The van der Waals surface area contributed by atoms with Crippen LogP contribution in [0.15, 0.2) is 54.6 Å².